The van der Waals surface area contributed by atoms with Gasteiger partial charge in [-0.1, -0.05) is 0 Å². The summed E-state index contributed by atoms with van der Waals surface area (Å²) in [5.41, 5.74) is 1.32. The molecule has 0 bridgehead atoms. The first-order chi connectivity index (χ1) is 7.25. The minimum absolute atomic E-state index is 0.693. The van der Waals surface area contributed by atoms with Crippen LogP contribution >= 0.6 is 11.3 Å². The molecule has 0 fully saturated rings. The van der Waals surface area contributed by atoms with Crippen LogP contribution in [0.2, 0.25) is 0 Å². The number of thiazole rings is 1. The molecule has 3 nitrogen and oxygen atoms in total. The van der Waals surface area contributed by atoms with Crippen LogP contribution in [0.5, 0.6) is 0 Å². The van der Waals surface area contributed by atoms with Gasteiger partial charge in [0.1, 0.15) is 5.01 Å². The predicted octanol–water partition coefficient (Wildman–Crippen LogP) is 1.10. The van der Waals surface area contributed by atoms with Crippen molar-refractivity contribution in [2.75, 3.05) is 18.6 Å². The first-order valence-electron chi connectivity index (χ1n) is 5.24. The topological polar surface area (TPSA) is 42.0 Å². The Hall–Kier alpha value is -0.260. The van der Waals surface area contributed by atoms with Crippen LogP contribution < -0.4 is 5.32 Å². The molecule has 1 N–H and O–H groups in total. The number of nitrogens with zero attached hydrogens (tertiary/aromatic N) is 1. The molecule has 0 amide bonds. The summed E-state index contributed by atoms with van der Waals surface area (Å²) < 4.78 is 10.8. The fourth-order valence-corrected chi connectivity index (χ4v) is 3.29. The van der Waals surface area contributed by atoms with Crippen LogP contribution in [0.15, 0.2) is 0 Å². The van der Waals surface area contributed by atoms with Crippen molar-refractivity contribution in [3.05, 3.63) is 15.6 Å². The summed E-state index contributed by atoms with van der Waals surface area (Å²) in [6.45, 7) is 1.64. The summed E-state index contributed by atoms with van der Waals surface area (Å²) in [4.78, 5) is 6.07. The van der Waals surface area contributed by atoms with E-state index in [9.17, 15) is 4.21 Å². The van der Waals surface area contributed by atoms with Crippen LogP contribution in [0.3, 0.4) is 0 Å². The maximum atomic E-state index is 10.8. The van der Waals surface area contributed by atoms with Gasteiger partial charge in [0.05, 0.1) is 5.69 Å². The van der Waals surface area contributed by atoms with Crippen molar-refractivity contribution in [2.45, 2.75) is 25.8 Å². The summed E-state index contributed by atoms with van der Waals surface area (Å²) in [6, 6.07) is 0. The van der Waals surface area contributed by atoms with Gasteiger partial charge in [-0.15, -0.1) is 11.3 Å². The summed E-state index contributed by atoms with van der Waals surface area (Å²) >= 11 is 1.83. The number of fused-ring (bicyclic) bond motifs is 1. The van der Waals surface area contributed by atoms with Crippen molar-refractivity contribution >= 4 is 22.1 Å². The van der Waals surface area contributed by atoms with E-state index in [4.69, 9.17) is 0 Å². The Morgan fingerprint density at radius 2 is 2.40 bits per heavy atom. The molecule has 0 aliphatic heterocycles. The average molecular weight is 244 g/mol. The van der Waals surface area contributed by atoms with Crippen LogP contribution in [-0.4, -0.2) is 27.7 Å². The molecule has 1 atom stereocenters. The molecule has 15 heavy (non-hydrogen) atoms. The zero-order chi connectivity index (χ0) is 10.7. The molecule has 0 radical (unpaired) electrons. The number of hydrogen-bond acceptors (Lipinski definition) is 4. The summed E-state index contributed by atoms with van der Waals surface area (Å²) in [6.07, 6.45) is 5.38. The van der Waals surface area contributed by atoms with E-state index in [-0.39, 0.29) is 0 Å². The van der Waals surface area contributed by atoms with E-state index in [1.165, 1.54) is 28.4 Å². The number of aromatic nitrogens is 1. The molecule has 0 saturated heterocycles. The van der Waals surface area contributed by atoms with Gasteiger partial charge in [0.25, 0.3) is 0 Å². The number of aryl methyl sites for hydroxylation is 2. The minimum atomic E-state index is -0.693. The van der Waals surface area contributed by atoms with E-state index >= 15 is 0 Å². The highest BCUT2D eigenvalue weighted by molar-refractivity contribution is 7.84. The molecule has 1 aromatic heterocycles. The van der Waals surface area contributed by atoms with Crippen molar-refractivity contribution in [1.82, 2.24) is 10.3 Å². The highest BCUT2D eigenvalue weighted by atomic mass is 32.2. The Bertz CT molecular complexity index is 341. The monoisotopic (exact) mass is 244 g/mol. The second kappa shape index (κ2) is 5.18. The molecule has 1 aliphatic rings. The maximum absolute atomic E-state index is 10.8. The number of hydrogen-bond donors (Lipinski definition) is 1. The lowest BCUT2D eigenvalue weighted by atomic mass is 10.4. The Morgan fingerprint density at radius 1 is 1.53 bits per heavy atom. The van der Waals surface area contributed by atoms with Crippen LogP contribution in [0, 0.1) is 0 Å². The maximum Gasteiger partial charge on any atom is 0.107 e. The van der Waals surface area contributed by atoms with Gasteiger partial charge >= 0.3 is 0 Å². The molecule has 2 rings (SSSR count). The third-order valence-corrected chi connectivity index (χ3v) is 4.42. The minimum Gasteiger partial charge on any atom is -0.310 e. The summed E-state index contributed by atoms with van der Waals surface area (Å²) in [5.74, 6) is 0.727. The molecule has 5 heteroatoms. The Balaban J connectivity index is 1.77. The molecule has 0 saturated carbocycles. The third kappa shape index (κ3) is 3.09. The van der Waals surface area contributed by atoms with Gasteiger partial charge in [0.15, 0.2) is 0 Å². The first kappa shape index (κ1) is 11.2. The molecule has 84 valence electrons. The lowest BCUT2D eigenvalue weighted by Crippen LogP contribution is -2.19. The second-order valence-corrected chi connectivity index (χ2v) is 6.51. The van der Waals surface area contributed by atoms with E-state index in [2.05, 4.69) is 10.3 Å². The number of rotatable bonds is 5. The van der Waals surface area contributed by atoms with Crippen molar-refractivity contribution < 1.29 is 4.21 Å². The molecule has 0 spiro atoms. The largest absolute Gasteiger partial charge is 0.310 e. The van der Waals surface area contributed by atoms with E-state index in [0.717, 1.165) is 25.3 Å². The van der Waals surface area contributed by atoms with Gasteiger partial charge in [0.2, 0.25) is 0 Å². The predicted molar refractivity (Wildman–Crippen MR) is 64.8 cm³/mol. The lowest BCUT2D eigenvalue weighted by Gasteiger charge is -1.99. The molecular weight excluding hydrogens is 228 g/mol. The molecule has 1 aromatic rings. The quantitative estimate of drug-likeness (QED) is 0.789. The lowest BCUT2D eigenvalue weighted by molar-refractivity contribution is 0.675. The second-order valence-electron chi connectivity index (χ2n) is 3.79. The van der Waals surface area contributed by atoms with E-state index < -0.39 is 10.8 Å². The van der Waals surface area contributed by atoms with Gasteiger partial charge in [-0.2, -0.15) is 0 Å². The fraction of sp³-hybridized carbons (Fsp3) is 0.700. The van der Waals surface area contributed by atoms with Crippen LogP contribution in [-0.2, 0) is 30.2 Å². The van der Waals surface area contributed by atoms with E-state index in [1.807, 2.05) is 11.3 Å². The average Bonchev–Trinajstić information content (AvgIpc) is 2.71. The third-order valence-electron chi connectivity index (χ3n) is 2.48. The highest BCUT2D eigenvalue weighted by Crippen LogP contribution is 2.27. The summed E-state index contributed by atoms with van der Waals surface area (Å²) in [7, 11) is -0.693. The van der Waals surface area contributed by atoms with Gasteiger partial charge in [0, 0.05) is 40.8 Å². The summed E-state index contributed by atoms with van der Waals surface area (Å²) in [5, 5.41) is 4.46. The fourth-order valence-electron chi connectivity index (χ4n) is 1.73. The molecule has 1 unspecified atom stereocenters. The SMILES string of the molecule is CS(=O)CCNCc1nc2c(s1)CCC2. The zero-order valence-electron chi connectivity index (χ0n) is 8.91. The standard InChI is InChI=1S/C10H16N2OS2/c1-15(13)6-5-11-7-10-12-8-3-2-4-9(8)14-10/h11H,2-7H2,1H3. The molecular formula is C10H16N2OS2. The van der Waals surface area contributed by atoms with E-state index in [1.54, 1.807) is 6.26 Å². The van der Waals surface area contributed by atoms with Crippen LogP contribution in [0.1, 0.15) is 22.0 Å². The van der Waals surface area contributed by atoms with Crippen molar-refractivity contribution in [2.24, 2.45) is 0 Å². The van der Waals surface area contributed by atoms with Crippen molar-refractivity contribution in [3.8, 4) is 0 Å². The Kier molecular flexibility index (Phi) is 3.88. The highest BCUT2D eigenvalue weighted by Gasteiger charge is 2.15. The van der Waals surface area contributed by atoms with Crippen molar-refractivity contribution in [1.29, 1.82) is 0 Å². The van der Waals surface area contributed by atoms with Crippen LogP contribution in [0.4, 0.5) is 0 Å². The Labute approximate surface area is 96.8 Å². The Morgan fingerprint density at radius 3 is 3.13 bits per heavy atom. The van der Waals surface area contributed by atoms with Gasteiger partial charge in [-0.3, -0.25) is 4.21 Å². The molecule has 1 aliphatic carbocycles. The van der Waals surface area contributed by atoms with E-state index in [0.29, 0.717) is 0 Å². The zero-order valence-corrected chi connectivity index (χ0v) is 10.5. The normalized spacial score (nSPS) is 16.6. The molecule has 0 aromatic carbocycles. The van der Waals surface area contributed by atoms with Gasteiger partial charge < -0.3 is 5.32 Å². The van der Waals surface area contributed by atoms with Gasteiger partial charge in [-0.25, -0.2) is 4.98 Å². The molecule has 1 heterocycles. The number of nitrogens with one attached hydrogen (secondary N) is 1. The smallest absolute Gasteiger partial charge is 0.107 e. The van der Waals surface area contributed by atoms with Crippen LogP contribution in [0.25, 0.3) is 0 Å². The van der Waals surface area contributed by atoms with Crippen molar-refractivity contribution in [3.63, 3.8) is 0 Å². The van der Waals surface area contributed by atoms with Gasteiger partial charge in [-0.05, 0) is 19.3 Å². The first-order valence-corrected chi connectivity index (χ1v) is 7.78.